The van der Waals surface area contributed by atoms with Crippen molar-refractivity contribution in [1.29, 1.82) is 0 Å². The zero-order valence-electron chi connectivity index (χ0n) is 10.3. The Labute approximate surface area is 117 Å². The summed E-state index contributed by atoms with van der Waals surface area (Å²) < 4.78 is 10.3. The van der Waals surface area contributed by atoms with Gasteiger partial charge in [0.1, 0.15) is 0 Å². The third-order valence-corrected chi connectivity index (χ3v) is 3.05. The van der Waals surface area contributed by atoms with Crippen molar-refractivity contribution < 1.29 is 9.47 Å². The van der Waals surface area contributed by atoms with Gasteiger partial charge < -0.3 is 9.47 Å². The van der Waals surface area contributed by atoms with E-state index in [4.69, 9.17) is 38.5 Å². The lowest BCUT2D eigenvalue weighted by atomic mass is 10.1. The number of hydrogen-bond donors (Lipinski definition) is 2. The maximum absolute atomic E-state index is 6.10. The Bertz CT molecular complexity index is 364. The highest BCUT2D eigenvalue weighted by atomic mass is 35.5. The first kappa shape index (κ1) is 15.7. The topological polar surface area (TPSA) is 56.5 Å². The first-order chi connectivity index (χ1) is 8.67. The van der Waals surface area contributed by atoms with Crippen LogP contribution in [0, 0.1) is 0 Å². The van der Waals surface area contributed by atoms with E-state index in [1.54, 1.807) is 13.2 Å². The van der Waals surface area contributed by atoms with Crippen molar-refractivity contribution in [2.45, 2.75) is 12.5 Å². The van der Waals surface area contributed by atoms with Crippen molar-refractivity contribution in [2.75, 3.05) is 26.9 Å². The van der Waals surface area contributed by atoms with Crippen LogP contribution in [0.4, 0.5) is 0 Å². The number of ether oxygens (including phenoxy) is 2. The summed E-state index contributed by atoms with van der Waals surface area (Å²) in [4.78, 5) is 0. The van der Waals surface area contributed by atoms with E-state index < -0.39 is 0 Å². The van der Waals surface area contributed by atoms with Gasteiger partial charge in [0, 0.05) is 23.2 Å². The van der Waals surface area contributed by atoms with E-state index in [0.29, 0.717) is 36.3 Å². The fourth-order valence-corrected chi connectivity index (χ4v) is 1.97. The lowest BCUT2D eigenvalue weighted by Crippen LogP contribution is -2.40. The second-order valence-corrected chi connectivity index (χ2v) is 4.71. The molecule has 18 heavy (non-hydrogen) atoms. The van der Waals surface area contributed by atoms with Gasteiger partial charge in [0.05, 0.1) is 19.8 Å². The van der Waals surface area contributed by atoms with E-state index in [1.807, 2.05) is 12.1 Å². The summed E-state index contributed by atoms with van der Waals surface area (Å²) in [5, 5.41) is 1.26. The number of benzene rings is 1. The van der Waals surface area contributed by atoms with E-state index >= 15 is 0 Å². The molecular weight excluding hydrogens is 275 g/mol. The highest BCUT2D eigenvalue weighted by molar-refractivity contribution is 6.35. The fraction of sp³-hybridized carbons (Fsp3) is 0.500. The minimum Gasteiger partial charge on any atom is -0.382 e. The Hall–Kier alpha value is -0.360. The van der Waals surface area contributed by atoms with Crippen LogP contribution in [0.15, 0.2) is 18.2 Å². The molecule has 0 heterocycles. The van der Waals surface area contributed by atoms with Gasteiger partial charge >= 0.3 is 0 Å². The molecule has 0 bridgehead atoms. The molecule has 1 aromatic carbocycles. The molecule has 3 N–H and O–H groups in total. The second kappa shape index (κ2) is 8.69. The molecule has 0 amide bonds. The molecule has 0 fully saturated rings. The van der Waals surface area contributed by atoms with Gasteiger partial charge in [-0.1, -0.05) is 29.3 Å². The van der Waals surface area contributed by atoms with Crippen molar-refractivity contribution in [1.82, 2.24) is 5.43 Å². The molecule has 0 saturated carbocycles. The number of hydrazine groups is 1. The van der Waals surface area contributed by atoms with E-state index in [1.165, 1.54) is 0 Å². The molecule has 0 aromatic heterocycles. The predicted octanol–water partition coefficient (Wildman–Crippen LogP) is 2.03. The minimum absolute atomic E-state index is 0.000492. The zero-order chi connectivity index (χ0) is 13.4. The molecule has 0 spiro atoms. The highest BCUT2D eigenvalue weighted by Gasteiger charge is 2.10. The average molecular weight is 293 g/mol. The number of methoxy groups -OCH3 is 1. The van der Waals surface area contributed by atoms with Crippen molar-refractivity contribution >= 4 is 23.2 Å². The normalized spacial score (nSPS) is 12.7. The summed E-state index contributed by atoms with van der Waals surface area (Å²) >= 11 is 11.9. The summed E-state index contributed by atoms with van der Waals surface area (Å²) in [6, 6.07) is 5.42. The van der Waals surface area contributed by atoms with Crippen molar-refractivity contribution in [3.8, 4) is 0 Å². The van der Waals surface area contributed by atoms with E-state index in [-0.39, 0.29) is 6.04 Å². The summed E-state index contributed by atoms with van der Waals surface area (Å²) in [6.07, 6.45) is 0.680. The van der Waals surface area contributed by atoms with Crippen LogP contribution in [-0.2, 0) is 15.9 Å². The smallest absolute Gasteiger partial charge is 0.0701 e. The SMILES string of the molecule is COCCOCC(Cc1ccc(Cl)cc1Cl)NN. The van der Waals surface area contributed by atoms with Gasteiger partial charge in [-0.05, 0) is 24.1 Å². The summed E-state index contributed by atoms with van der Waals surface area (Å²) in [6.45, 7) is 1.61. The molecule has 6 heteroatoms. The van der Waals surface area contributed by atoms with Gasteiger partial charge in [-0.3, -0.25) is 11.3 Å². The first-order valence-corrected chi connectivity index (χ1v) is 6.39. The Morgan fingerprint density at radius 1 is 1.33 bits per heavy atom. The van der Waals surface area contributed by atoms with Gasteiger partial charge in [0.25, 0.3) is 0 Å². The molecule has 1 rings (SSSR count). The standard InChI is InChI=1S/C12H18Cl2N2O2/c1-17-4-5-18-8-11(16-15)6-9-2-3-10(13)7-12(9)14/h2-3,7,11,16H,4-6,8,15H2,1H3. The summed E-state index contributed by atoms with van der Waals surface area (Å²) in [5.74, 6) is 5.48. The number of halogens is 2. The molecular formula is C12H18Cl2N2O2. The van der Waals surface area contributed by atoms with Crippen LogP contribution < -0.4 is 11.3 Å². The van der Waals surface area contributed by atoms with E-state index in [2.05, 4.69) is 5.43 Å². The van der Waals surface area contributed by atoms with Crippen LogP contribution in [0.1, 0.15) is 5.56 Å². The lowest BCUT2D eigenvalue weighted by Gasteiger charge is -2.17. The van der Waals surface area contributed by atoms with Crippen LogP contribution in [0.25, 0.3) is 0 Å². The van der Waals surface area contributed by atoms with E-state index in [0.717, 1.165) is 5.56 Å². The van der Waals surface area contributed by atoms with Gasteiger partial charge in [0.2, 0.25) is 0 Å². The summed E-state index contributed by atoms with van der Waals surface area (Å²) in [5.41, 5.74) is 3.70. The Morgan fingerprint density at radius 2 is 2.11 bits per heavy atom. The molecule has 0 aliphatic heterocycles. The maximum atomic E-state index is 6.10. The quantitative estimate of drug-likeness (QED) is 0.437. The third kappa shape index (κ3) is 5.52. The Morgan fingerprint density at radius 3 is 2.72 bits per heavy atom. The molecule has 1 unspecified atom stereocenters. The monoisotopic (exact) mass is 292 g/mol. The largest absolute Gasteiger partial charge is 0.382 e. The predicted molar refractivity (Wildman–Crippen MR) is 74.0 cm³/mol. The first-order valence-electron chi connectivity index (χ1n) is 5.64. The lowest BCUT2D eigenvalue weighted by molar-refractivity contribution is 0.0587. The van der Waals surface area contributed by atoms with Crippen LogP contribution >= 0.6 is 23.2 Å². The van der Waals surface area contributed by atoms with E-state index in [9.17, 15) is 0 Å². The second-order valence-electron chi connectivity index (χ2n) is 3.87. The molecule has 0 aliphatic rings. The molecule has 1 atom stereocenters. The zero-order valence-corrected chi connectivity index (χ0v) is 11.8. The van der Waals surface area contributed by atoms with Gasteiger partial charge in [-0.25, -0.2) is 0 Å². The highest BCUT2D eigenvalue weighted by Crippen LogP contribution is 2.22. The van der Waals surface area contributed by atoms with Gasteiger partial charge in [0.15, 0.2) is 0 Å². The third-order valence-electron chi connectivity index (χ3n) is 2.47. The van der Waals surface area contributed by atoms with Crippen molar-refractivity contribution in [3.63, 3.8) is 0 Å². The van der Waals surface area contributed by atoms with Crippen molar-refractivity contribution in [3.05, 3.63) is 33.8 Å². The van der Waals surface area contributed by atoms with Crippen LogP contribution in [0.3, 0.4) is 0 Å². The summed E-state index contributed by atoms with van der Waals surface area (Å²) in [7, 11) is 1.63. The average Bonchev–Trinajstić information content (AvgIpc) is 2.35. The molecule has 1 aromatic rings. The Kier molecular flexibility index (Phi) is 7.58. The number of hydrogen-bond acceptors (Lipinski definition) is 4. The molecule has 102 valence electrons. The molecule has 4 nitrogen and oxygen atoms in total. The van der Waals surface area contributed by atoms with Gasteiger partial charge in [-0.2, -0.15) is 0 Å². The molecule has 0 saturated heterocycles. The van der Waals surface area contributed by atoms with Crippen LogP contribution in [-0.4, -0.2) is 33.0 Å². The fourth-order valence-electron chi connectivity index (χ4n) is 1.49. The van der Waals surface area contributed by atoms with Crippen molar-refractivity contribution in [2.24, 2.45) is 5.84 Å². The maximum Gasteiger partial charge on any atom is 0.0701 e. The van der Waals surface area contributed by atoms with Crippen LogP contribution in [0.5, 0.6) is 0 Å². The number of nitrogens with two attached hydrogens (primary N) is 1. The Balaban J connectivity index is 2.46. The molecule has 0 radical (unpaired) electrons. The minimum atomic E-state index is 0.000492. The van der Waals surface area contributed by atoms with Gasteiger partial charge in [-0.15, -0.1) is 0 Å². The number of nitrogens with one attached hydrogen (secondary N) is 1. The van der Waals surface area contributed by atoms with Crippen LogP contribution in [0.2, 0.25) is 10.0 Å². The molecule has 0 aliphatic carbocycles. The number of rotatable bonds is 8.